The van der Waals surface area contributed by atoms with Gasteiger partial charge in [0, 0.05) is 42.4 Å². The van der Waals surface area contributed by atoms with Crippen LogP contribution in [-0.4, -0.2) is 51.7 Å². The van der Waals surface area contributed by atoms with E-state index in [4.69, 9.17) is 4.74 Å². The number of pyridine rings is 2. The number of aromatic amines is 1. The minimum atomic E-state index is 0.429. The first-order valence-corrected chi connectivity index (χ1v) is 11.8. The maximum atomic E-state index is 6.18. The van der Waals surface area contributed by atoms with E-state index in [1.165, 1.54) is 61.4 Å². The minimum absolute atomic E-state index is 0.429. The van der Waals surface area contributed by atoms with Crippen LogP contribution in [0.5, 0.6) is 0 Å². The fourth-order valence-corrected chi connectivity index (χ4v) is 5.54. The zero-order chi connectivity index (χ0) is 20.5. The Morgan fingerprint density at radius 3 is 2.83 bits per heavy atom. The second-order valence-electron chi connectivity index (χ2n) is 9.65. The molecule has 1 aliphatic heterocycles. The highest BCUT2D eigenvalue weighted by Crippen LogP contribution is 2.39. The first kappa shape index (κ1) is 20.0. The van der Waals surface area contributed by atoms with Crippen molar-refractivity contribution in [1.82, 2.24) is 19.9 Å². The van der Waals surface area contributed by atoms with Crippen LogP contribution in [0.25, 0.3) is 21.9 Å². The number of H-pyrrole nitrogens is 1. The summed E-state index contributed by atoms with van der Waals surface area (Å²) in [6.07, 6.45) is 13.9. The van der Waals surface area contributed by atoms with E-state index in [0.717, 1.165) is 30.4 Å². The molecule has 0 bridgehead atoms. The summed E-state index contributed by atoms with van der Waals surface area (Å²) < 4.78 is 6.18. The van der Waals surface area contributed by atoms with Crippen LogP contribution in [0.1, 0.15) is 63.9 Å². The Labute approximate surface area is 179 Å². The molecular weight excluding hydrogens is 372 g/mol. The molecule has 0 spiro atoms. The highest BCUT2D eigenvalue weighted by Gasteiger charge is 2.31. The standard InChI is InChI=1S/C25H34N4O/c1-17(2)16-30-20-4-3-13-29(15-20)19-7-5-18(6-8-19)21-9-11-26-23-14-28-25-22(24(21)23)10-12-27-25/h9-12,14,17-20,26H,3-8,13,15-16H2,1-2H3. The summed E-state index contributed by atoms with van der Waals surface area (Å²) in [5.41, 5.74) is 3.45. The van der Waals surface area contributed by atoms with Crippen LogP contribution in [-0.2, 0) is 4.74 Å². The van der Waals surface area contributed by atoms with Crippen molar-refractivity contribution in [3.8, 4) is 0 Å². The van der Waals surface area contributed by atoms with Gasteiger partial charge in [0.15, 0.2) is 5.65 Å². The third-order valence-electron chi connectivity index (χ3n) is 7.05. The maximum absolute atomic E-state index is 6.18. The van der Waals surface area contributed by atoms with E-state index in [9.17, 15) is 0 Å². The Bertz CT molecular complexity index is 989. The highest BCUT2D eigenvalue weighted by molar-refractivity contribution is 6.05. The molecule has 5 rings (SSSR count). The van der Waals surface area contributed by atoms with E-state index >= 15 is 0 Å². The average molecular weight is 407 g/mol. The summed E-state index contributed by atoms with van der Waals surface area (Å²) in [6, 6.07) is 5.12. The molecule has 0 amide bonds. The molecule has 1 saturated carbocycles. The molecule has 2 fully saturated rings. The van der Waals surface area contributed by atoms with Crippen LogP contribution >= 0.6 is 0 Å². The molecule has 160 valence electrons. The number of ether oxygens (including phenoxy) is 1. The fourth-order valence-electron chi connectivity index (χ4n) is 5.54. The normalized spacial score (nSPS) is 26.0. The lowest BCUT2D eigenvalue weighted by Gasteiger charge is -2.41. The van der Waals surface area contributed by atoms with Gasteiger partial charge < -0.3 is 9.72 Å². The van der Waals surface area contributed by atoms with Crippen molar-refractivity contribution in [2.24, 2.45) is 5.92 Å². The molecule has 1 atom stereocenters. The van der Waals surface area contributed by atoms with Crippen molar-refractivity contribution in [2.75, 3.05) is 19.7 Å². The van der Waals surface area contributed by atoms with Crippen molar-refractivity contribution in [2.45, 2.75) is 70.4 Å². The van der Waals surface area contributed by atoms with Crippen LogP contribution < -0.4 is 0 Å². The van der Waals surface area contributed by atoms with Gasteiger partial charge in [-0.2, -0.15) is 0 Å². The topological polar surface area (TPSA) is 54.0 Å². The number of nitrogens with zero attached hydrogens (tertiary/aromatic N) is 3. The first-order chi connectivity index (χ1) is 14.7. The summed E-state index contributed by atoms with van der Waals surface area (Å²) in [6.45, 7) is 7.73. The van der Waals surface area contributed by atoms with E-state index in [-0.39, 0.29) is 0 Å². The van der Waals surface area contributed by atoms with Gasteiger partial charge in [0.1, 0.15) is 0 Å². The molecule has 0 aromatic carbocycles. The number of likely N-dealkylation sites (tertiary alicyclic amines) is 1. The Kier molecular flexibility index (Phi) is 5.74. The van der Waals surface area contributed by atoms with Gasteiger partial charge in [-0.1, -0.05) is 13.8 Å². The molecule has 3 aromatic rings. The minimum Gasteiger partial charge on any atom is -0.377 e. The zero-order valence-electron chi connectivity index (χ0n) is 18.3. The third-order valence-corrected chi connectivity index (χ3v) is 7.05. The molecular formula is C25H34N4O. The van der Waals surface area contributed by atoms with Crippen LogP contribution in [0.4, 0.5) is 0 Å². The van der Waals surface area contributed by atoms with Gasteiger partial charge in [0.05, 0.1) is 17.8 Å². The Morgan fingerprint density at radius 2 is 2.00 bits per heavy atom. The van der Waals surface area contributed by atoms with Crippen LogP contribution in [0.2, 0.25) is 0 Å². The molecule has 5 nitrogen and oxygen atoms in total. The lowest BCUT2D eigenvalue weighted by Crippen LogP contribution is -2.46. The molecule has 1 unspecified atom stereocenters. The van der Waals surface area contributed by atoms with Gasteiger partial charge in [-0.3, -0.25) is 4.90 Å². The van der Waals surface area contributed by atoms with Gasteiger partial charge in [0.2, 0.25) is 0 Å². The molecule has 3 aromatic heterocycles. The first-order valence-electron chi connectivity index (χ1n) is 11.8. The monoisotopic (exact) mass is 406 g/mol. The molecule has 0 radical (unpaired) electrons. The smallest absolute Gasteiger partial charge is 0.159 e. The second kappa shape index (κ2) is 8.64. The van der Waals surface area contributed by atoms with Crippen molar-refractivity contribution >= 4 is 21.9 Å². The Balaban J connectivity index is 1.28. The van der Waals surface area contributed by atoms with Crippen LogP contribution in [0, 0.1) is 5.92 Å². The number of hydrogen-bond acceptors (Lipinski definition) is 4. The molecule has 2 aliphatic rings. The van der Waals surface area contributed by atoms with Crippen molar-refractivity contribution in [1.29, 1.82) is 0 Å². The van der Waals surface area contributed by atoms with E-state index in [2.05, 4.69) is 52.0 Å². The van der Waals surface area contributed by atoms with E-state index in [0.29, 0.717) is 17.9 Å². The predicted octanol–water partition coefficient (Wildman–Crippen LogP) is 5.27. The number of nitrogens with one attached hydrogen (secondary N) is 1. The summed E-state index contributed by atoms with van der Waals surface area (Å²) >= 11 is 0. The summed E-state index contributed by atoms with van der Waals surface area (Å²) in [7, 11) is 0. The Morgan fingerprint density at radius 1 is 1.13 bits per heavy atom. The molecule has 30 heavy (non-hydrogen) atoms. The number of hydrogen-bond donors (Lipinski definition) is 1. The van der Waals surface area contributed by atoms with Gasteiger partial charge in [-0.05, 0) is 74.6 Å². The number of piperidine rings is 1. The largest absolute Gasteiger partial charge is 0.377 e. The van der Waals surface area contributed by atoms with E-state index in [1.807, 2.05) is 12.4 Å². The fraction of sp³-hybridized carbons (Fsp3) is 0.600. The lowest BCUT2D eigenvalue weighted by atomic mass is 9.79. The molecule has 4 heterocycles. The number of fused-ring (bicyclic) bond motifs is 3. The van der Waals surface area contributed by atoms with Gasteiger partial charge in [-0.15, -0.1) is 0 Å². The zero-order valence-corrected chi connectivity index (χ0v) is 18.3. The van der Waals surface area contributed by atoms with E-state index < -0.39 is 0 Å². The van der Waals surface area contributed by atoms with Crippen molar-refractivity contribution < 1.29 is 4.74 Å². The van der Waals surface area contributed by atoms with E-state index in [1.54, 1.807) is 0 Å². The molecule has 1 aliphatic carbocycles. The second-order valence-corrected chi connectivity index (χ2v) is 9.65. The van der Waals surface area contributed by atoms with Gasteiger partial charge in [-0.25, -0.2) is 9.97 Å². The molecule has 1 saturated heterocycles. The summed E-state index contributed by atoms with van der Waals surface area (Å²) in [5.74, 6) is 1.24. The Hall–Kier alpha value is -1.98. The number of aromatic nitrogens is 3. The van der Waals surface area contributed by atoms with Crippen molar-refractivity contribution in [3.05, 3.63) is 36.3 Å². The quantitative estimate of drug-likeness (QED) is 0.627. The summed E-state index contributed by atoms with van der Waals surface area (Å²) in [5, 5.41) is 2.51. The SMILES string of the molecule is CC(C)COC1CCCN(C2CCC(c3cc[nH]c4cnc5nccc5c34)CC2)C1. The van der Waals surface area contributed by atoms with Crippen LogP contribution in [0.3, 0.4) is 0 Å². The maximum Gasteiger partial charge on any atom is 0.159 e. The number of rotatable bonds is 5. The average Bonchev–Trinajstić information content (AvgIpc) is 3.27. The van der Waals surface area contributed by atoms with Gasteiger partial charge >= 0.3 is 0 Å². The molecule has 5 heteroatoms. The highest BCUT2D eigenvalue weighted by atomic mass is 16.5. The predicted molar refractivity (Wildman–Crippen MR) is 122 cm³/mol. The summed E-state index contributed by atoms with van der Waals surface area (Å²) in [4.78, 5) is 15.0. The lowest BCUT2D eigenvalue weighted by molar-refractivity contribution is -0.0272. The van der Waals surface area contributed by atoms with Crippen molar-refractivity contribution in [3.63, 3.8) is 0 Å². The van der Waals surface area contributed by atoms with Gasteiger partial charge in [0.25, 0.3) is 0 Å². The molecule has 1 N–H and O–H groups in total. The van der Waals surface area contributed by atoms with Crippen LogP contribution in [0.15, 0.2) is 30.7 Å². The third kappa shape index (κ3) is 3.97.